The van der Waals surface area contributed by atoms with E-state index in [-0.39, 0.29) is 11.4 Å². The average Bonchev–Trinajstić information content (AvgIpc) is 2.85. The molecule has 0 spiro atoms. The Kier molecular flexibility index (Phi) is 2.34. The van der Waals surface area contributed by atoms with Crippen LogP contribution in [0.5, 0.6) is 0 Å². The van der Waals surface area contributed by atoms with Crippen molar-refractivity contribution >= 4 is 27.8 Å². The summed E-state index contributed by atoms with van der Waals surface area (Å²) in [5.41, 5.74) is 1.48. The van der Waals surface area contributed by atoms with E-state index in [2.05, 4.69) is 5.32 Å². The second kappa shape index (κ2) is 3.91. The Bertz CT molecular complexity index is 726. The predicted octanol–water partition coefficient (Wildman–Crippen LogP) is 2.62. The average molecular weight is 259 g/mol. The number of hydrogen-bond acceptors (Lipinski definition) is 5. The number of anilines is 1. The van der Waals surface area contributed by atoms with Gasteiger partial charge in [0.2, 0.25) is 0 Å². The van der Waals surface area contributed by atoms with Crippen LogP contribution in [0, 0.1) is 20.2 Å². The molecule has 96 valence electrons. The normalized spacial score (nSPS) is 13.1. The monoisotopic (exact) mass is 259 g/mol. The Morgan fingerprint density at radius 1 is 1.05 bits per heavy atom. The molecule has 0 aliphatic carbocycles. The van der Waals surface area contributed by atoms with Gasteiger partial charge in [0.25, 0.3) is 11.4 Å². The summed E-state index contributed by atoms with van der Waals surface area (Å²) in [6.07, 6.45) is 0.766. The molecule has 1 heterocycles. The first-order valence-corrected chi connectivity index (χ1v) is 5.70. The van der Waals surface area contributed by atoms with Crippen molar-refractivity contribution < 1.29 is 9.85 Å². The molecule has 1 aliphatic rings. The number of nitrogens with zero attached hydrogens (tertiary/aromatic N) is 2. The minimum Gasteiger partial charge on any atom is -0.384 e. The van der Waals surface area contributed by atoms with Gasteiger partial charge in [-0.3, -0.25) is 20.2 Å². The van der Waals surface area contributed by atoms with Crippen LogP contribution in [-0.4, -0.2) is 16.4 Å². The second-order valence-corrected chi connectivity index (χ2v) is 4.34. The number of benzene rings is 2. The minimum atomic E-state index is -0.547. The molecule has 2 aromatic rings. The predicted molar refractivity (Wildman–Crippen MR) is 69.5 cm³/mol. The first-order valence-electron chi connectivity index (χ1n) is 5.70. The highest BCUT2D eigenvalue weighted by Gasteiger charge is 2.23. The summed E-state index contributed by atoms with van der Waals surface area (Å²) in [7, 11) is 0. The van der Waals surface area contributed by atoms with Crippen LogP contribution in [0.4, 0.5) is 17.1 Å². The lowest BCUT2D eigenvalue weighted by Gasteiger charge is -2.06. The number of rotatable bonds is 2. The van der Waals surface area contributed by atoms with Crippen molar-refractivity contribution in [3.8, 4) is 0 Å². The van der Waals surface area contributed by atoms with Gasteiger partial charge in [0.15, 0.2) is 0 Å². The number of nitrogens with one attached hydrogen (secondary N) is 1. The van der Waals surface area contributed by atoms with Crippen molar-refractivity contribution in [3.63, 3.8) is 0 Å². The van der Waals surface area contributed by atoms with Crippen LogP contribution in [0.25, 0.3) is 10.8 Å². The fourth-order valence-electron chi connectivity index (χ4n) is 2.47. The maximum Gasteiger partial charge on any atom is 0.279 e. The smallest absolute Gasteiger partial charge is 0.279 e. The van der Waals surface area contributed by atoms with Gasteiger partial charge in [-0.25, -0.2) is 0 Å². The topological polar surface area (TPSA) is 98.3 Å². The highest BCUT2D eigenvalue weighted by atomic mass is 16.6. The fraction of sp³-hybridized carbons (Fsp3) is 0.167. The molecule has 0 radical (unpaired) electrons. The van der Waals surface area contributed by atoms with E-state index in [1.165, 1.54) is 18.2 Å². The molecule has 0 atom stereocenters. The van der Waals surface area contributed by atoms with Crippen molar-refractivity contribution in [3.05, 3.63) is 50.1 Å². The number of non-ortho nitro benzene ring substituents is 2. The van der Waals surface area contributed by atoms with E-state index in [0.29, 0.717) is 10.8 Å². The van der Waals surface area contributed by atoms with E-state index in [9.17, 15) is 20.2 Å². The number of nitro benzene ring substituents is 2. The summed E-state index contributed by atoms with van der Waals surface area (Å²) in [5, 5.41) is 26.0. The largest absolute Gasteiger partial charge is 0.384 e. The molecule has 0 bridgehead atoms. The molecule has 0 saturated carbocycles. The summed E-state index contributed by atoms with van der Waals surface area (Å²) in [6.45, 7) is 0.725. The molecule has 0 aromatic heterocycles. The Morgan fingerprint density at radius 2 is 1.84 bits per heavy atom. The molecule has 0 saturated heterocycles. The van der Waals surface area contributed by atoms with E-state index in [1.807, 2.05) is 0 Å². The summed E-state index contributed by atoms with van der Waals surface area (Å²) < 4.78 is 0. The molecule has 0 amide bonds. The van der Waals surface area contributed by atoms with Crippen LogP contribution in [-0.2, 0) is 6.42 Å². The van der Waals surface area contributed by atoms with Gasteiger partial charge in [-0.05, 0) is 23.4 Å². The molecule has 7 nitrogen and oxygen atoms in total. The van der Waals surface area contributed by atoms with E-state index < -0.39 is 9.85 Å². The van der Waals surface area contributed by atoms with Crippen LogP contribution in [0.1, 0.15) is 5.56 Å². The lowest BCUT2D eigenvalue weighted by atomic mass is 10.00. The van der Waals surface area contributed by atoms with E-state index in [1.54, 1.807) is 6.07 Å². The summed E-state index contributed by atoms with van der Waals surface area (Å²) in [6, 6.07) is 5.69. The molecule has 19 heavy (non-hydrogen) atoms. The van der Waals surface area contributed by atoms with Crippen molar-refractivity contribution in [2.75, 3.05) is 11.9 Å². The Morgan fingerprint density at radius 3 is 2.53 bits per heavy atom. The van der Waals surface area contributed by atoms with Gasteiger partial charge in [-0.1, -0.05) is 0 Å². The van der Waals surface area contributed by atoms with Crippen molar-refractivity contribution in [1.29, 1.82) is 0 Å². The molecule has 2 aromatic carbocycles. The quantitative estimate of drug-likeness (QED) is 0.660. The van der Waals surface area contributed by atoms with Gasteiger partial charge in [-0.15, -0.1) is 0 Å². The van der Waals surface area contributed by atoms with Crippen LogP contribution >= 0.6 is 0 Å². The second-order valence-electron chi connectivity index (χ2n) is 4.34. The Hall–Kier alpha value is -2.70. The van der Waals surface area contributed by atoms with Gasteiger partial charge >= 0.3 is 0 Å². The molecular formula is C12H9N3O4. The highest BCUT2D eigenvalue weighted by Crippen LogP contribution is 2.38. The lowest BCUT2D eigenvalue weighted by Crippen LogP contribution is -1.95. The van der Waals surface area contributed by atoms with Gasteiger partial charge in [0.1, 0.15) is 0 Å². The van der Waals surface area contributed by atoms with E-state index in [4.69, 9.17) is 0 Å². The molecular weight excluding hydrogens is 250 g/mol. The third kappa shape index (κ3) is 1.67. The summed E-state index contributed by atoms with van der Waals surface area (Å²) in [5.74, 6) is 0. The minimum absolute atomic E-state index is 0.105. The third-order valence-corrected chi connectivity index (χ3v) is 3.31. The lowest BCUT2D eigenvalue weighted by molar-refractivity contribution is -0.386. The summed E-state index contributed by atoms with van der Waals surface area (Å²) in [4.78, 5) is 20.8. The highest BCUT2D eigenvalue weighted by molar-refractivity contribution is 5.99. The standard InChI is InChI=1S/C12H9N3O4/c16-14(17)7-1-2-8-9-3-4-13-11(9)6-12(15(18)19)10(8)5-7/h1-2,5-6,13H,3-4H2. The van der Waals surface area contributed by atoms with Crippen LogP contribution in [0.2, 0.25) is 0 Å². The first-order chi connectivity index (χ1) is 9.08. The van der Waals surface area contributed by atoms with E-state index >= 15 is 0 Å². The van der Waals surface area contributed by atoms with Crippen molar-refractivity contribution in [1.82, 2.24) is 0 Å². The molecule has 7 heteroatoms. The molecule has 0 unspecified atom stereocenters. The Balaban J connectivity index is 2.39. The zero-order valence-corrected chi connectivity index (χ0v) is 9.75. The molecule has 1 aliphatic heterocycles. The van der Waals surface area contributed by atoms with Crippen LogP contribution < -0.4 is 5.32 Å². The van der Waals surface area contributed by atoms with Gasteiger partial charge in [0.05, 0.1) is 15.2 Å². The van der Waals surface area contributed by atoms with Gasteiger partial charge in [0, 0.05) is 30.4 Å². The molecule has 3 rings (SSSR count). The van der Waals surface area contributed by atoms with Crippen molar-refractivity contribution in [2.45, 2.75) is 6.42 Å². The van der Waals surface area contributed by atoms with Crippen LogP contribution in [0.3, 0.4) is 0 Å². The van der Waals surface area contributed by atoms with E-state index in [0.717, 1.165) is 24.2 Å². The van der Waals surface area contributed by atoms with Crippen LogP contribution in [0.15, 0.2) is 24.3 Å². The number of fused-ring (bicyclic) bond motifs is 3. The Labute approximate surface area is 107 Å². The molecule has 1 N–H and O–H groups in total. The first kappa shape index (κ1) is 11.4. The molecule has 0 fully saturated rings. The maximum atomic E-state index is 11.1. The summed E-state index contributed by atoms with van der Waals surface area (Å²) >= 11 is 0. The fourth-order valence-corrected chi connectivity index (χ4v) is 2.47. The SMILES string of the molecule is O=[N+]([O-])c1ccc2c3c(cc([N+](=O)[O-])c2c1)NCC3. The third-order valence-electron chi connectivity index (χ3n) is 3.31. The van der Waals surface area contributed by atoms with Gasteiger partial charge in [-0.2, -0.15) is 0 Å². The number of hydrogen-bond donors (Lipinski definition) is 1. The maximum absolute atomic E-state index is 11.1. The van der Waals surface area contributed by atoms with Crippen molar-refractivity contribution in [2.24, 2.45) is 0 Å². The zero-order valence-electron chi connectivity index (χ0n) is 9.75. The van der Waals surface area contributed by atoms with Gasteiger partial charge < -0.3 is 5.32 Å². The zero-order chi connectivity index (χ0) is 13.6. The number of nitro groups is 2.